The molecule has 0 aromatic carbocycles. The number of hydrogen-bond acceptors (Lipinski definition) is 5. The molecule has 0 rings (SSSR count). The molecular formula is C60H109NO5. The third kappa shape index (κ3) is 48.0. The van der Waals surface area contributed by atoms with E-state index < -0.39 is 18.2 Å². The van der Waals surface area contributed by atoms with Crippen molar-refractivity contribution in [2.24, 2.45) is 0 Å². The van der Waals surface area contributed by atoms with E-state index in [2.05, 4.69) is 86.8 Å². The Bertz CT molecular complexity index is 1170. The molecule has 0 bridgehead atoms. The highest BCUT2D eigenvalue weighted by Gasteiger charge is 2.24. The van der Waals surface area contributed by atoms with Crippen LogP contribution in [0.15, 0.2) is 60.8 Å². The predicted octanol–water partition coefficient (Wildman–Crippen LogP) is 17.6. The largest absolute Gasteiger partial charge is 0.462 e. The smallest absolute Gasteiger partial charge is 0.306 e. The lowest BCUT2D eigenvalue weighted by atomic mass is 10.0. The zero-order valence-corrected chi connectivity index (χ0v) is 43.8. The number of esters is 1. The molecule has 6 heteroatoms. The number of aliphatic hydroxyl groups excluding tert-OH is 2. The maximum absolute atomic E-state index is 13.3. The maximum atomic E-state index is 13.3. The van der Waals surface area contributed by atoms with Gasteiger partial charge in [0.25, 0.3) is 0 Å². The highest BCUT2D eigenvalue weighted by Crippen LogP contribution is 2.18. The van der Waals surface area contributed by atoms with Gasteiger partial charge in [0.05, 0.1) is 25.2 Å². The molecule has 0 fully saturated rings. The van der Waals surface area contributed by atoms with Gasteiger partial charge in [-0.05, 0) is 77.0 Å². The number of amides is 1. The lowest BCUT2D eigenvalue weighted by Gasteiger charge is -2.24. The van der Waals surface area contributed by atoms with Gasteiger partial charge in [-0.3, -0.25) is 9.59 Å². The van der Waals surface area contributed by atoms with Gasteiger partial charge in [0.2, 0.25) is 5.91 Å². The summed E-state index contributed by atoms with van der Waals surface area (Å²) in [5.74, 6) is -0.515. The van der Waals surface area contributed by atoms with Crippen LogP contribution in [0.1, 0.15) is 284 Å². The van der Waals surface area contributed by atoms with Crippen molar-refractivity contribution in [1.29, 1.82) is 0 Å². The standard InChI is InChI=1S/C60H109NO5/c1-4-7-10-13-16-19-22-25-27-29-30-32-35-38-41-44-47-50-53-60(65)66-56(51-48-45-42-39-36-34-31-28-26-23-20-17-14-11-8-5-2)54-59(64)61-57(55-62)58(63)52-49-46-43-40-37-33-24-21-18-15-12-9-6-3/h17,20,23,26,28,30-32,34,36,56-58,62-63H,4-16,18-19,21-22,24-25,27,29,33,35,37-55H2,1-3H3,(H,61,64)/b20-17+,26-23+,31-28+,32-30+,36-34+. The SMILES string of the molecule is CCCCC/C=C/C=C/C=C/C=C/CCCCCC(CC(=O)NC(CO)C(O)CCCCCCCCCCCCCCC)OC(=O)CCCCCCC/C=C/CCCCCCCCCCC. The minimum atomic E-state index is -0.802. The molecule has 0 aromatic rings. The molecule has 66 heavy (non-hydrogen) atoms. The van der Waals surface area contributed by atoms with Crippen molar-refractivity contribution < 1.29 is 24.5 Å². The van der Waals surface area contributed by atoms with E-state index in [0.717, 1.165) is 77.0 Å². The zero-order valence-electron chi connectivity index (χ0n) is 43.8. The number of hydrogen-bond donors (Lipinski definition) is 3. The molecule has 0 saturated carbocycles. The molecule has 0 aliphatic heterocycles. The van der Waals surface area contributed by atoms with Crippen molar-refractivity contribution in [1.82, 2.24) is 5.32 Å². The Morgan fingerprint density at radius 3 is 1.26 bits per heavy atom. The number of rotatable bonds is 51. The van der Waals surface area contributed by atoms with Crippen LogP contribution in [0.4, 0.5) is 0 Å². The quantitative estimate of drug-likeness (QED) is 0.0244. The molecule has 0 aliphatic carbocycles. The Morgan fingerprint density at radius 1 is 0.439 bits per heavy atom. The van der Waals surface area contributed by atoms with Crippen LogP contribution >= 0.6 is 0 Å². The number of carbonyl (C=O) groups excluding carboxylic acids is 2. The Balaban J connectivity index is 4.64. The van der Waals surface area contributed by atoms with E-state index in [-0.39, 0.29) is 24.9 Å². The van der Waals surface area contributed by atoms with Crippen LogP contribution in [0.3, 0.4) is 0 Å². The van der Waals surface area contributed by atoms with Crippen molar-refractivity contribution in [3.63, 3.8) is 0 Å². The summed E-state index contributed by atoms with van der Waals surface area (Å²) in [6.45, 7) is 6.45. The van der Waals surface area contributed by atoms with Crippen molar-refractivity contribution in [2.45, 2.75) is 302 Å². The van der Waals surface area contributed by atoms with Gasteiger partial charge in [0, 0.05) is 6.42 Å². The molecule has 384 valence electrons. The summed E-state index contributed by atoms with van der Waals surface area (Å²) < 4.78 is 5.94. The van der Waals surface area contributed by atoms with Crippen LogP contribution in [-0.2, 0) is 14.3 Å². The third-order valence-electron chi connectivity index (χ3n) is 12.9. The van der Waals surface area contributed by atoms with Crippen molar-refractivity contribution in [3.8, 4) is 0 Å². The summed E-state index contributed by atoms with van der Waals surface area (Å²) in [6, 6.07) is -0.718. The van der Waals surface area contributed by atoms with Crippen LogP contribution in [0.25, 0.3) is 0 Å². The fraction of sp³-hybridized carbons (Fsp3) is 0.800. The molecule has 0 saturated heterocycles. The Labute approximate surface area is 409 Å². The molecular weight excluding hydrogens is 815 g/mol. The Kier molecular flexibility index (Phi) is 51.5. The van der Waals surface area contributed by atoms with Gasteiger partial charge in [-0.25, -0.2) is 0 Å². The second-order valence-corrected chi connectivity index (χ2v) is 19.4. The first kappa shape index (κ1) is 63.6. The molecule has 1 amide bonds. The summed E-state index contributed by atoms with van der Waals surface area (Å²) in [5.41, 5.74) is 0. The normalized spacial score (nSPS) is 13.6. The summed E-state index contributed by atoms with van der Waals surface area (Å²) in [4.78, 5) is 26.3. The lowest BCUT2D eigenvalue weighted by molar-refractivity contribution is -0.151. The van der Waals surface area contributed by atoms with Crippen LogP contribution in [-0.4, -0.2) is 46.9 Å². The fourth-order valence-electron chi connectivity index (χ4n) is 8.56. The first-order valence-electron chi connectivity index (χ1n) is 28.6. The summed E-state index contributed by atoms with van der Waals surface area (Å²) >= 11 is 0. The molecule has 6 nitrogen and oxygen atoms in total. The van der Waals surface area contributed by atoms with Crippen LogP contribution in [0.5, 0.6) is 0 Å². The minimum absolute atomic E-state index is 0.0481. The number of unbranched alkanes of at least 4 members (excludes halogenated alkanes) is 32. The second-order valence-electron chi connectivity index (χ2n) is 19.4. The fourth-order valence-corrected chi connectivity index (χ4v) is 8.56. The number of carbonyl (C=O) groups is 2. The molecule has 3 unspecified atom stereocenters. The van der Waals surface area contributed by atoms with Gasteiger partial charge in [-0.1, -0.05) is 255 Å². The Hall–Kier alpha value is -2.44. The molecule has 3 N–H and O–H groups in total. The van der Waals surface area contributed by atoms with E-state index >= 15 is 0 Å². The maximum Gasteiger partial charge on any atom is 0.306 e. The van der Waals surface area contributed by atoms with E-state index in [1.54, 1.807) is 0 Å². The van der Waals surface area contributed by atoms with Crippen LogP contribution < -0.4 is 5.32 Å². The van der Waals surface area contributed by atoms with Crippen LogP contribution in [0.2, 0.25) is 0 Å². The van der Waals surface area contributed by atoms with E-state index in [9.17, 15) is 19.8 Å². The molecule has 0 heterocycles. The molecule has 0 aliphatic rings. The average molecular weight is 925 g/mol. The summed E-state index contributed by atoms with van der Waals surface area (Å²) in [7, 11) is 0. The average Bonchev–Trinajstić information content (AvgIpc) is 3.31. The number of ether oxygens (including phenoxy) is 1. The Morgan fingerprint density at radius 2 is 0.788 bits per heavy atom. The van der Waals surface area contributed by atoms with E-state index in [0.29, 0.717) is 19.3 Å². The van der Waals surface area contributed by atoms with Gasteiger partial charge in [0.15, 0.2) is 0 Å². The number of allylic oxidation sites excluding steroid dienone is 10. The molecule has 3 atom stereocenters. The van der Waals surface area contributed by atoms with Gasteiger partial charge >= 0.3 is 5.97 Å². The van der Waals surface area contributed by atoms with E-state index in [1.165, 1.54) is 161 Å². The first-order chi connectivity index (χ1) is 32.5. The number of nitrogens with one attached hydrogen (secondary N) is 1. The van der Waals surface area contributed by atoms with Gasteiger partial charge in [0.1, 0.15) is 6.10 Å². The van der Waals surface area contributed by atoms with Gasteiger partial charge < -0.3 is 20.3 Å². The van der Waals surface area contributed by atoms with Gasteiger partial charge in [-0.15, -0.1) is 0 Å². The molecule has 0 aromatic heterocycles. The van der Waals surface area contributed by atoms with Crippen molar-refractivity contribution in [2.75, 3.05) is 6.61 Å². The first-order valence-corrected chi connectivity index (χ1v) is 28.6. The monoisotopic (exact) mass is 924 g/mol. The molecule has 0 spiro atoms. The highest BCUT2D eigenvalue weighted by molar-refractivity contribution is 5.77. The van der Waals surface area contributed by atoms with Gasteiger partial charge in [-0.2, -0.15) is 0 Å². The molecule has 0 radical (unpaired) electrons. The van der Waals surface area contributed by atoms with Crippen molar-refractivity contribution in [3.05, 3.63) is 60.8 Å². The number of aliphatic hydroxyl groups is 2. The van der Waals surface area contributed by atoms with Crippen molar-refractivity contribution >= 4 is 11.9 Å². The summed E-state index contributed by atoms with van der Waals surface area (Å²) in [6.07, 6.45) is 67.1. The topological polar surface area (TPSA) is 95.9 Å². The van der Waals surface area contributed by atoms with E-state index in [1.807, 2.05) is 0 Å². The second kappa shape index (κ2) is 53.5. The lowest BCUT2D eigenvalue weighted by Crippen LogP contribution is -2.46. The van der Waals surface area contributed by atoms with Crippen LogP contribution in [0, 0.1) is 0 Å². The third-order valence-corrected chi connectivity index (χ3v) is 12.9. The minimum Gasteiger partial charge on any atom is -0.462 e. The summed E-state index contributed by atoms with van der Waals surface area (Å²) in [5, 5.41) is 23.8. The highest BCUT2D eigenvalue weighted by atomic mass is 16.5. The predicted molar refractivity (Wildman–Crippen MR) is 287 cm³/mol. The zero-order chi connectivity index (χ0) is 48.1. The van der Waals surface area contributed by atoms with E-state index in [4.69, 9.17) is 4.74 Å².